The first kappa shape index (κ1) is 14.9. The van der Waals surface area contributed by atoms with Crippen LogP contribution in [0.5, 0.6) is 0 Å². The molecule has 3 nitrogen and oxygen atoms in total. The molecule has 0 spiro atoms. The van der Waals surface area contributed by atoms with E-state index in [2.05, 4.69) is 21.2 Å². The fourth-order valence-corrected chi connectivity index (χ4v) is 2.06. The normalized spacial score (nSPS) is 10.8. The molecule has 0 saturated carbocycles. The smallest absolute Gasteiger partial charge is 0.266 e. The van der Waals surface area contributed by atoms with Gasteiger partial charge in [-0.15, -0.1) is 0 Å². The molecule has 1 N–H and O–H groups in total. The summed E-state index contributed by atoms with van der Waals surface area (Å²) in [7, 11) is 0. The Morgan fingerprint density at radius 1 is 1.24 bits per heavy atom. The highest BCUT2D eigenvalue weighted by atomic mass is 79.9. The summed E-state index contributed by atoms with van der Waals surface area (Å²) in [5.74, 6) is -1.07. The Morgan fingerprint density at radius 3 is 2.67 bits per heavy atom. The number of nitrogens with zero attached hydrogens (tertiary/aromatic N) is 1. The van der Waals surface area contributed by atoms with Gasteiger partial charge in [0.05, 0.1) is 0 Å². The van der Waals surface area contributed by atoms with Crippen LogP contribution in [0, 0.1) is 17.1 Å². The maximum atomic E-state index is 13.5. The minimum Gasteiger partial charge on any atom is -0.321 e. The van der Waals surface area contributed by atoms with Gasteiger partial charge in [0.25, 0.3) is 5.91 Å². The zero-order chi connectivity index (χ0) is 15.2. The van der Waals surface area contributed by atoms with Crippen molar-refractivity contribution in [2.75, 3.05) is 5.32 Å². The molecule has 21 heavy (non-hydrogen) atoms. The second-order valence-corrected chi connectivity index (χ2v) is 5.07. The van der Waals surface area contributed by atoms with E-state index >= 15 is 0 Å². The molecular formula is C16H10BrFN2O. The fourth-order valence-electron chi connectivity index (χ4n) is 1.66. The lowest BCUT2D eigenvalue weighted by Crippen LogP contribution is -2.13. The molecule has 0 aliphatic carbocycles. The zero-order valence-corrected chi connectivity index (χ0v) is 12.4. The highest BCUT2D eigenvalue weighted by molar-refractivity contribution is 9.10. The fraction of sp³-hybridized carbons (Fsp3) is 0. The van der Waals surface area contributed by atoms with E-state index in [-0.39, 0.29) is 11.1 Å². The second kappa shape index (κ2) is 6.82. The van der Waals surface area contributed by atoms with Crippen LogP contribution in [0.1, 0.15) is 5.56 Å². The van der Waals surface area contributed by atoms with Crippen LogP contribution in [-0.4, -0.2) is 5.91 Å². The van der Waals surface area contributed by atoms with Gasteiger partial charge >= 0.3 is 0 Å². The molecular weight excluding hydrogens is 335 g/mol. The number of carbonyl (C=O) groups excluding carboxylic acids is 1. The van der Waals surface area contributed by atoms with Gasteiger partial charge in [-0.25, -0.2) is 4.39 Å². The van der Waals surface area contributed by atoms with E-state index in [9.17, 15) is 9.18 Å². The number of hydrogen-bond acceptors (Lipinski definition) is 2. The Balaban J connectivity index is 2.24. The maximum Gasteiger partial charge on any atom is 0.266 e. The van der Waals surface area contributed by atoms with Crippen LogP contribution in [-0.2, 0) is 4.79 Å². The van der Waals surface area contributed by atoms with Gasteiger partial charge in [-0.05, 0) is 30.3 Å². The van der Waals surface area contributed by atoms with Crippen molar-refractivity contribution in [3.63, 3.8) is 0 Å². The highest BCUT2D eigenvalue weighted by Gasteiger charge is 2.10. The van der Waals surface area contributed by atoms with Crippen LogP contribution in [0.25, 0.3) is 6.08 Å². The average molecular weight is 345 g/mol. The van der Waals surface area contributed by atoms with Crippen LogP contribution in [0.3, 0.4) is 0 Å². The predicted molar refractivity (Wildman–Crippen MR) is 82.8 cm³/mol. The standard InChI is InChI=1S/C16H10BrFN2O/c17-13-5-3-6-14(9-13)20-16(21)12(10-19)8-11-4-1-2-7-15(11)18/h1-9H,(H,20,21)/b12-8+. The van der Waals surface area contributed by atoms with Gasteiger partial charge in [0.15, 0.2) is 0 Å². The summed E-state index contributed by atoms with van der Waals surface area (Å²) in [6.45, 7) is 0. The number of nitrogens with one attached hydrogen (secondary N) is 1. The van der Waals surface area contributed by atoms with Gasteiger partial charge in [-0.3, -0.25) is 4.79 Å². The lowest BCUT2D eigenvalue weighted by Gasteiger charge is -2.05. The molecule has 104 valence electrons. The third-order valence-electron chi connectivity index (χ3n) is 2.65. The highest BCUT2D eigenvalue weighted by Crippen LogP contribution is 2.17. The molecule has 0 aliphatic rings. The molecule has 0 aliphatic heterocycles. The number of halogens is 2. The topological polar surface area (TPSA) is 52.9 Å². The molecule has 1 amide bonds. The van der Waals surface area contributed by atoms with Crippen LogP contribution >= 0.6 is 15.9 Å². The summed E-state index contributed by atoms with van der Waals surface area (Å²) in [6.07, 6.45) is 1.22. The van der Waals surface area contributed by atoms with Gasteiger partial charge in [0.1, 0.15) is 17.5 Å². The molecule has 2 aromatic rings. The Bertz CT molecular complexity index is 750. The summed E-state index contributed by atoms with van der Waals surface area (Å²) in [5.41, 5.74) is 0.572. The minimum absolute atomic E-state index is 0.167. The lowest BCUT2D eigenvalue weighted by atomic mass is 10.1. The SMILES string of the molecule is N#C/C(=C\c1ccccc1F)C(=O)Nc1cccc(Br)c1. The monoisotopic (exact) mass is 344 g/mol. The van der Waals surface area contributed by atoms with Crippen molar-refractivity contribution in [1.29, 1.82) is 5.26 Å². The Labute approximate surface area is 129 Å². The zero-order valence-electron chi connectivity index (χ0n) is 10.8. The van der Waals surface area contributed by atoms with E-state index in [4.69, 9.17) is 5.26 Å². The van der Waals surface area contributed by atoms with Crippen molar-refractivity contribution < 1.29 is 9.18 Å². The van der Waals surface area contributed by atoms with E-state index in [0.29, 0.717) is 5.69 Å². The molecule has 0 bridgehead atoms. The van der Waals surface area contributed by atoms with Crippen LogP contribution < -0.4 is 5.32 Å². The van der Waals surface area contributed by atoms with E-state index < -0.39 is 11.7 Å². The van der Waals surface area contributed by atoms with Crippen LogP contribution in [0.15, 0.2) is 58.6 Å². The molecule has 2 rings (SSSR count). The van der Waals surface area contributed by atoms with Crippen molar-refractivity contribution in [2.24, 2.45) is 0 Å². The van der Waals surface area contributed by atoms with Gasteiger partial charge in [-0.2, -0.15) is 5.26 Å². The van der Waals surface area contributed by atoms with Crippen molar-refractivity contribution in [2.45, 2.75) is 0 Å². The van der Waals surface area contributed by atoms with Crippen LogP contribution in [0.2, 0.25) is 0 Å². The largest absolute Gasteiger partial charge is 0.321 e. The van der Waals surface area contributed by atoms with E-state index in [0.717, 1.165) is 4.47 Å². The molecule has 0 aromatic heterocycles. The molecule has 5 heteroatoms. The molecule has 0 radical (unpaired) electrons. The number of benzene rings is 2. The first-order valence-electron chi connectivity index (χ1n) is 6.03. The lowest BCUT2D eigenvalue weighted by molar-refractivity contribution is -0.112. The number of carbonyl (C=O) groups is 1. The van der Waals surface area contributed by atoms with Crippen molar-refractivity contribution >= 4 is 33.6 Å². The summed E-state index contributed by atoms with van der Waals surface area (Å²) >= 11 is 3.29. The average Bonchev–Trinajstić information content (AvgIpc) is 2.46. The summed E-state index contributed by atoms with van der Waals surface area (Å²) in [5, 5.41) is 11.7. The van der Waals surface area contributed by atoms with Crippen molar-refractivity contribution in [3.05, 3.63) is 70.0 Å². The number of amides is 1. The maximum absolute atomic E-state index is 13.5. The Morgan fingerprint density at radius 2 is 2.00 bits per heavy atom. The molecule has 0 saturated heterocycles. The molecule has 0 fully saturated rings. The summed E-state index contributed by atoms with van der Waals surface area (Å²) in [6, 6.07) is 14.7. The summed E-state index contributed by atoms with van der Waals surface area (Å²) in [4.78, 5) is 12.0. The van der Waals surface area contributed by atoms with Crippen LogP contribution in [0.4, 0.5) is 10.1 Å². The second-order valence-electron chi connectivity index (χ2n) is 4.16. The van der Waals surface area contributed by atoms with Crippen molar-refractivity contribution in [1.82, 2.24) is 0 Å². The van der Waals surface area contributed by atoms with Gasteiger partial charge in [0, 0.05) is 15.7 Å². The summed E-state index contributed by atoms with van der Waals surface area (Å²) < 4.78 is 14.3. The van der Waals surface area contributed by atoms with E-state index in [1.807, 2.05) is 6.07 Å². The van der Waals surface area contributed by atoms with Crippen molar-refractivity contribution in [3.8, 4) is 6.07 Å². The molecule has 0 unspecified atom stereocenters. The number of nitriles is 1. The van der Waals surface area contributed by atoms with Gasteiger partial charge in [-0.1, -0.05) is 40.2 Å². The van der Waals surface area contributed by atoms with E-state index in [1.54, 1.807) is 36.4 Å². The molecule has 0 atom stereocenters. The Kier molecular flexibility index (Phi) is 4.85. The molecule has 0 heterocycles. The first-order chi connectivity index (χ1) is 10.1. The molecule has 2 aromatic carbocycles. The van der Waals surface area contributed by atoms with Gasteiger partial charge in [0.2, 0.25) is 0 Å². The third kappa shape index (κ3) is 4.01. The van der Waals surface area contributed by atoms with Gasteiger partial charge < -0.3 is 5.32 Å². The predicted octanol–water partition coefficient (Wildman–Crippen LogP) is 4.13. The number of anilines is 1. The third-order valence-corrected chi connectivity index (χ3v) is 3.15. The number of hydrogen-bond donors (Lipinski definition) is 1. The number of rotatable bonds is 3. The minimum atomic E-state index is -0.584. The first-order valence-corrected chi connectivity index (χ1v) is 6.82. The van der Waals surface area contributed by atoms with E-state index in [1.165, 1.54) is 18.2 Å². The Hall–Kier alpha value is -2.45. The quantitative estimate of drug-likeness (QED) is 0.672.